The van der Waals surface area contributed by atoms with Gasteiger partial charge in [-0.05, 0) is 43.2 Å². The smallest absolute Gasteiger partial charge is 0.175 e. The zero-order chi connectivity index (χ0) is 12.8. The van der Waals surface area contributed by atoms with Crippen molar-refractivity contribution in [2.75, 3.05) is 0 Å². The molecule has 1 atom stereocenters. The van der Waals surface area contributed by atoms with Crippen molar-refractivity contribution in [3.63, 3.8) is 0 Å². The fraction of sp³-hybridized carbons (Fsp3) is 0.438. The van der Waals surface area contributed by atoms with Gasteiger partial charge in [-0.25, -0.2) is 0 Å². The van der Waals surface area contributed by atoms with Gasteiger partial charge in [0.1, 0.15) is 0 Å². The number of benzene rings is 1. The van der Waals surface area contributed by atoms with Gasteiger partial charge in [-0.3, -0.25) is 4.79 Å². The first-order chi connectivity index (χ1) is 8.77. The summed E-state index contributed by atoms with van der Waals surface area (Å²) in [6.45, 7) is 0. The van der Waals surface area contributed by atoms with Crippen LogP contribution in [0, 0.1) is 0 Å². The van der Waals surface area contributed by atoms with E-state index >= 15 is 0 Å². The zero-order valence-corrected chi connectivity index (χ0v) is 10.8. The minimum atomic E-state index is -0.392. The van der Waals surface area contributed by atoms with Crippen molar-refractivity contribution in [3.8, 4) is 0 Å². The maximum atomic E-state index is 12.3. The van der Waals surface area contributed by atoms with E-state index in [-0.39, 0.29) is 5.78 Å². The van der Waals surface area contributed by atoms with E-state index in [0.29, 0.717) is 6.42 Å². The van der Waals surface area contributed by atoms with Crippen LogP contribution in [0.2, 0.25) is 0 Å². The molecule has 0 fully saturated rings. The van der Waals surface area contributed by atoms with Crippen molar-refractivity contribution in [3.05, 3.63) is 47.5 Å². The minimum Gasteiger partial charge on any atom is -0.321 e. The fourth-order valence-electron chi connectivity index (χ4n) is 2.44. The Morgan fingerprint density at radius 1 is 1.17 bits per heavy atom. The Kier molecular flexibility index (Phi) is 4.71. The highest BCUT2D eigenvalue weighted by atomic mass is 16.1. The van der Waals surface area contributed by atoms with E-state index in [1.165, 1.54) is 12.8 Å². The van der Waals surface area contributed by atoms with Crippen LogP contribution in [0.3, 0.4) is 0 Å². The van der Waals surface area contributed by atoms with Crippen LogP contribution in [0.4, 0.5) is 0 Å². The highest BCUT2D eigenvalue weighted by molar-refractivity contribution is 5.99. The molecule has 0 amide bonds. The molecule has 1 aromatic rings. The summed E-state index contributed by atoms with van der Waals surface area (Å²) in [5.41, 5.74) is 8.13. The molecule has 1 unspecified atom stereocenters. The number of hydrogen-bond acceptors (Lipinski definition) is 2. The standard InChI is InChI=1S/C16H21NO/c17-15(12-13-8-4-3-5-9-13)16(18)14-10-6-1-2-7-11-14/h3-5,8-10,15H,1-2,6-7,11-12,17H2. The van der Waals surface area contributed by atoms with Crippen molar-refractivity contribution < 1.29 is 4.79 Å². The van der Waals surface area contributed by atoms with Gasteiger partial charge in [0.15, 0.2) is 5.78 Å². The molecule has 0 spiro atoms. The van der Waals surface area contributed by atoms with Gasteiger partial charge in [-0.2, -0.15) is 0 Å². The molecule has 18 heavy (non-hydrogen) atoms. The molecule has 0 bridgehead atoms. The molecule has 1 aliphatic carbocycles. The zero-order valence-electron chi connectivity index (χ0n) is 10.8. The average Bonchev–Trinajstić information content (AvgIpc) is 2.68. The first kappa shape index (κ1) is 13.0. The molecule has 2 rings (SSSR count). The van der Waals surface area contributed by atoms with Crippen molar-refractivity contribution in [2.45, 2.75) is 44.6 Å². The fourth-order valence-corrected chi connectivity index (χ4v) is 2.44. The quantitative estimate of drug-likeness (QED) is 0.883. The minimum absolute atomic E-state index is 0.140. The molecular formula is C16H21NO. The molecule has 0 saturated carbocycles. The predicted molar refractivity (Wildman–Crippen MR) is 74.3 cm³/mol. The first-order valence-electron chi connectivity index (χ1n) is 6.80. The number of carbonyl (C=O) groups is 1. The number of nitrogens with two attached hydrogens (primary N) is 1. The van der Waals surface area contributed by atoms with Crippen molar-refractivity contribution in [2.24, 2.45) is 5.73 Å². The topological polar surface area (TPSA) is 43.1 Å². The van der Waals surface area contributed by atoms with Crippen molar-refractivity contribution in [1.82, 2.24) is 0 Å². The van der Waals surface area contributed by atoms with E-state index in [1.54, 1.807) is 0 Å². The van der Waals surface area contributed by atoms with E-state index in [0.717, 1.165) is 30.4 Å². The summed E-state index contributed by atoms with van der Waals surface area (Å²) in [4.78, 5) is 12.3. The van der Waals surface area contributed by atoms with Crippen LogP contribution in [-0.4, -0.2) is 11.8 Å². The SMILES string of the molecule is NC(Cc1ccccc1)C(=O)C1=CCCCCC1. The van der Waals surface area contributed by atoms with Gasteiger partial charge in [0, 0.05) is 0 Å². The second-order valence-electron chi connectivity index (χ2n) is 4.99. The molecule has 2 nitrogen and oxygen atoms in total. The highest BCUT2D eigenvalue weighted by Gasteiger charge is 2.19. The number of ketones is 1. The van der Waals surface area contributed by atoms with Gasteiger partial charge in [0.25, 0.3) is 0 Å². The first-order valence-corrected chi connectivity index (χ1v) is 6.80. The van der Waals surface area contributed by atoms with Gasteiger partial charge in [0.05, 0.1) is 6.04 Å². The monoisotopic (exact) mass is 243 g/mol. The summed E-state index contributed by atoms with van der Waals surface area (Å²) in [5.74, 6) is 0.140. The van der Waals surface area contributed by atoms with Crippen LogP contribution >= 0.6 is 0 Å². The summed E-state index contributed by atoms with van der Waals surface area (Å²) < 4.78 is 0. The molecule has 0 aromatic heterocycles. The molecule has 2 heteroatoms. The normalized spacial score (nSPS) is 17.7. The van der Waals surface area contributed by atoms with Gasteiger partial charge < -0.3 is 5.73 Å². The predicted octanol–water partition coefficient (Wildman–Crippen LogP) is 3.02. The van der Waals surface area contributed by atoms with Crippen molar-refractivity contribution in [1.29, 1.82) is 0 Å². The molecule has 96 valence electrons. The van der Waals surface area contributed by atoms with Crippen molar-refractivity contribution >= 4 is 5.78 Å². The van der Waals surface area contributed by atoms with Gasteiger partial charge >= 0.3 is 0 Å². The molecule has 0 radical (unpaired) electrons. The number of carbonyl (C=O) groups excluding carboxylic acids is 1. The second kappa shape index (κ2) is 6.50. The molecule has 2 N–H and O–H groups in total. The van der Waals surface area contributed by atoms with Crippen LogP contribution in [0.15, 0.2) is 42.0 Å². The lowest BCUT2D eigenvalue weighted by Gasteiger charge is -2.12. The van der Waals surface area contributed by atoms with Crippen LogP contribution in [0.1, 0.15) is 37.7 Å². The number of allylic oxidation sites excluding steroid dienone is 1. The van der Waals surface area contributed by atoms with Crippen LogP contribution in [0.5, 0.6) is 0 Å². The summed E-state index contributed by atoms with van der Waals surface area (Å²) in [6.07, 6.45) is 8.21. The highest BCUT2D eigenvalue weighted by Crippen LogP contribution is 2.19. The van der Waals surface area contributed by atoms with E-state index in [1.807, 2.05) is 30.3 Å². The summed E-state index contributed by atoms with van der Waals surface area (Å²) in [7, 11) is 0. The Labute approximate surface area is 109 Å². The van der Waals surface area contributed by atoms with Crippen LogP contribution < -0.4 is 5.73 Å². The molecule has 1 aromatic carbocycles. The number of hydrogen-bond donors (Lipinski definition) is 1. The lowest BCUT2D eigenvalue weighted by molar-refractivity contribution is -0.116. The Bertz CT molecular complexity index is 422. The summed E-state index contributed by atoms with van der Waals surface area (Å²) >= 11 is 0. The number of Topliss-reactive ketones (excluding diaryl/α,β-unsaturated/α-hetero) is 1. The van der Waals surface area contributed by atoms with E-state index < -0.39 is 6.04 Å². The van der Waals surface area contributed by atoms with Gasteiger partial charge in [-0.1, -0.05) is 42.8 Å². The molecular weight excluding hydrogens is 222 g/mol. The maximum absolute atomic E-state index is 12.3. The van der Waals surface area contributed by atoms with E-state index in [4.69, 9.17) is 5.73 Å². The lowest BCUT2D eigenvalue weighted by atomic mass is 9.96. The Morgan fingerprint density at radius 2 is 1.94 bits per heavy atom. The molecule has 0 saturated heterocycles. The molecule has 0 heterocycles. The van der Waals surface area contributed by atoms with Crippen LogP contribution in [0.25, 0.3) is 0 Å². The maximum Gasteiger partial charge on any atom is 0.175 e. The van der Waals surface area contributed by atoms with Crippen LogP contribution in [-0.2, 0) is 11.2 Å². The average molecular weight is 243 g/mol. The Balaban J connectivity index is 1.98. The summed E-state index contributed by atoms with van der Waals surface area (Å²) in [6, 6.07) is 9.60. The summed E-state index contributed by atoms with van der Waals surface area (Å²) in [5, 5.41) is 0. The van der Waals surface area contributed by atoms with Gasteiger partial charge in [-0.15, -0.1) is 0 Å². The lowest BCUT2D eigenvalue weighted by Crippen LogP contribution is -2.33. The van der Waals surface area contributed by atoms with E-state index in [9.17, 15) is 4.79 Å². The largest absolute Gasteiger partial charge is 0.321 e. The van der Waals surface area contributed by atoms with Gasteiger partial charge in [0.2, 0.25) is 0 Å². The Hall–Kier alpha value is -1.41. The number of rotatable bonds is 4. The third-order valence-electron chi connectivity index (χ3n) is 3.49. The molecule has 0 aliphatic heterocycles. The second-order valence-corrected chi connectivity index (χ2v) is 4.99. The molecule has 1 aliphatic rings. The third kappa shape index (κ3) is 3.54. The van der Waals surface area contributed by atoms with E-state index in [2.05, 4.69) is 6.08 Å². The third-order valence-corrected chi connectivity index (χ3v) is 3.49. The Morgan fingerprint density at radius 3 is 2.72 bits per heavy atom.